The van der Waals surface area contributed by atoms with Gasteiger partial charge < -0.3 is 34.1 Å². The van der Waals surface area contributed by atoms with E-state index in [1.807, 2.05) is 55.3 Å². The molecule has 314 valence electrons. The van der Waals surface area contributed by atoms with Crippen molar-refractivity contribution in [1.82, 2.24) is 24.2 Å². The molecule has 1 saturated carbocycles. The lowest BCUT2D eigenvalue weighted by molar-refractivity contribution is -0.197. The van der Waals surface area contributed by atoms with Gasteiger partial charge >= 0.3 is 0 Å². The first-order valence-electron chi connectivity index (χ1n) is 21.6. The molecule has 3 aromatic carbocycles. The second-order valence-corrected chi connectivity index (χ2v) is 18.9. The van der Waals surface area contributed by atoms with Crippen LogP contribution >= 0.6 is 0 Å². The minimum absolute atomic E-state index is 0.0528. The first-order chi connectivity index (χ1) is 29.2. The molecule has 1 aliphatic carbocycles. The lowest BCUT2D eigenvalue weighted by Crippen LogP contribution is -2.55. The number of aromatic nitrogens is 3. The summed E-state index contributed by atoms with van der Waals surface area (Å²) in [5, 5.41) is 4.28. The molecule has 6 heterocycles. The van der Waals surface area contributed by atoms with Gasteiger partial charge in [0.25, 0.3) is 10.0 Å². The molecule has 13 heteroatoms. The number of hydrogen-bond acceptors (Lipinski definition) is 11. The van der Waals surface area contributed by atoms with Gasteiger partial charge in [0.05, 0.1) is 53.3 Å². The number of rotatable bonds is 13. The molecule has 0 spiro atoms. The van der Waals surface area contributed by atoms with Gasteiger partial charge in [-0.15, -0.1) is 0 Å². The largest absolute Gasteiger partial charge is 0.374 e. The van der Waals surface area contributed by atoms with Gasteiger partial charge in [-0.1, -0.05) is 54.1 Å². The number of piperidine rings is 1. The van der Waals surface area contributed by atoms with Crippen LogP contribution in [0.1, 0.15) is 78.6 Å². The number of fused-ring (bicyclic) bond motifs is 2. The Bertz CT molecular complexity index is 2470. The fourth-order valence-corrected chi connectivity index (χ4v) is 10.4. The van der Waals surface area contributed by atoms with E-state index in [0.29, 0.717) is 37.9 Å². The van der Waals surface area contributed by atoms with Crippen molar-refractivity contribution in [3.63, 3.8) is 0 Å². The van der Waals surface area contributed by atoms with Gasteiger partial charge in [0.15, 0.2) is 11.9 Å². The van der Waals surface area contributed by atoms with Crippen LogP contribution < -0.4 is 10.2 Å². The Balaban J connectivity index is 1.09. The summed E-state index contributed by atoms with van der Waals surface area (Å²) in [6.45, 7) is 6.68. The predicted octanol–water partition coefficient (Wildman–Crippen LogP) is 6.73. The Morgan fingerprint density at radius 2 is 1.68 bits per heavy atom. The van der Waals surface area contributed by atoms with E-state index in [0.717, 1.165) is 102 Å². The number of nitrogens with zero attached hydrogens (tertiary/aromatic N) is 5. The standard InChI is InChI=1S/C47H54N6O6S/c1-32-11-16-38(17-12-32)60(54,55)53-24-21-39-41(29-51(2)30-43(39)53)33-13-18-42-40(26-33)45(50-46(49-42)52-27-37(28-52)58-35-19-22-48-23-20-35)47(59-36-14-15-36,34-8-4-3-5-9-34)31-57-44-10-6-7-25-56-44/h3-5,8-9,11-13,16-18,21,24,26,29,35-37,44,48H,6-7,10,14-15,19-20,22-23,25,27-28,30-31H2,1-2H3/t44?,47-/m0/s1. The third-order valence-electron chi connectivity index (χ3n) is 12.5. The second-order valence-electron chi connectivity index (χ2n) is 17.1. The van der Waals surface area contributed by atoms with Crippen LogP contribution in [-0.2, 0) is 41.1 Å². The molecular weight excluding hydrogens is 777 g/mol. The summed E-state index contributed by atoms with van der Waals surface area (Å²) in [6.07, 6.45) is 10.8. The summed E-state index contributed by atoms with van der Waals surface area (Å²) in [4.78, 5) is 15.2. The average Bonchev–Trinajstić information content (AvgIpc) is 3.98. The SMILES string of the molecule is Cc1ccc(S(=O)(=O)n2ccc3c2CN(C)C=C3c2ccc3nc(N4CC(OC5CCNCC5)C4)nc([C@@](COC4CCCCO4)(OC4CC4)c4ccccc4)c3c2)cc1. The van der Waals surface area contributed by atoms with Gasteiger partial charge in [0.1, 0.15) is 0 Å². The minimum Gasteiger partial charge on any atom is -0.374 e. The molecule has 1 N–H and O–H groups in total. The Morgan fingerprint density at radius 1 is 0.883 bits per heavy atom. The maximum absolute atomic E-state index is 14.1. The van der Waals surface area contributed by atoms with Gasteiger partial charge in [-0.3, -0.25) is 0 Å². The van der Waals surface area contributed by atoms with Crippen molar-refractivity contribution in [2.45, 2.75) is 93.5 Å². The first-order valence-corrected chi connectivity index (χ1v) is 23.0. The molecule has 5 aliphatic rings. The normalized spacial score (nSPS) is 21.4. The molecular formula is C47H54N6O6S. The number of benzene rings is 3. The highest BCUT2D eigenvalue weighted by Gasteiger charge is 2.46. The smallest absolute Gasteiger partial charge is 0.267 e. The summed E-state index contributed by atoms with van der Waals surface area (Å²) in [6, 6.07) is 25.6. The second kappa shape index (κ2) is 16.3. The molecule has 2 atom stereocenters. The topological polar surface area (TPSA) is 120 Å². The van der Waals surface area contributed by atoms with Crippen LogP contribution in [0.25, 0.3) is 16.5 Å². The van der Waals surface area contributed by atoms with E-state index in [1.165, 1.54) is 3.97 Å². The maximum Gasteiger partial charge on any atom is 0.267 e. The van der Waals surface area contributed by atoms with Crippen molar-refractivity contribution in [3.8, 4) is 0 Å². The third kappa shape index (κ3) is 7.76. The minimum atomic E-state index is -3.83. The van der Waals surface area contributed by atoms with Crippen LogP contribution in [0.2, 0.25) is 0 Å². The predicted molar refractivity (Wildman–Crippen MR) is 230 cm³/mol. The molecule has 12 nitrogen and oxygen atoms in total. The van der Waals surface area contributed by atoms with Crippen molar-refractivity contribution in [2.75, 3.05) is 51.3 Å². The number of hydrogen-bond donors (Lipinski definition) is 1. The quantitative estimate of drug-likeness (QED) is 0.136. The van der Waals surface area contributed by atoms with E-state index in [-0.39, 0.29) is 36.1 Å². The molecule has 10 rings (SSSR count). The zero-order valence-corrected chi connectivity index (χ0v) is 35.3. The molecule has 1 unspecified atom stereocenters. The van der Waals surface area contributed by atoms with Gasteiger partial charge in [0, 0.05) is 55.7 Å². The van der Waals surface area contributed by atoms with Gasteiger partial charge in [-0.2, -0.15) is 0 Å². The lowest BCUT2D eigenvalue weighted by atomic mass is 9.86. The van der Waals surface area contributed by atoms with Crippen LogP contribution in [0.15, 0.2) is 96.2 Å². The van der Waals surface area contributed by atoms with E-state index in [9.17, 15) is 8.42 Å². The van der Waals surface area contributed by atoms with Crippen molar-refractivity contribution >= 4 is 32.4 Å². The van der Waals surface area contributed by atoms with Crippen molar-refractivity contribution < 1.29 is 27.4 Å². The molecule has 5 aromatic rings. The highest BCUT2D eigenvalue weighted by Crippen LogP contribution is 2.45. The highest BCUT2D eigenvalue weighted by molar-refractivity contribution is 7.90. The number of nitrogens with one attached hydrogen (secondary N) is 1. The molecule has 4 aliphatic heterocycles. The van der Waals surface area contributed by atoms with Crippen molar-refractivity contribution in [2.24, 2.45) is 0 Å². The van der Waals surface area contributed by atoms with E-state index in [2.05, 4.69) is 46.7 Å². The fourth-order valence-electron chi connectivity index (χ4n) is 9.00. The maximum atomic E-state index is 14.1. The summed E-state index contributed by atoms with van der Waals surface area (Å²) >= 11 is 0. The summed E-state index contributed by atoms with van der Waals surface area (Å²) < 4.78 is 56.2. The number of anilines is 1. The molecule has 0 bridgehead atoms. The summed E-state index contributed by atoms with van der Waals surface area (Å²) in [5.41, 5.74) is 5.81. The lowest BCUT2D eigenvalue weighted by Gasteiger charge is -2.42. The van der Waals surface area contributed by atoms with Gasteiger partial charge in [-0.05, 0) is 106 Å². The third-order valence-corrected chi connectivity index (χ3v) is 14.2. The van der Waals surface area contributed by atoms with E-state index in [4.69, 9.17) is 28.9 Å². The van der Waals surface area contributed by atoms with E-state index < -0.39 is 15.6 Å². The highest BCUT2D eigenvalue weighted by atomic mass is 32.2. The Kier molecular flexibility index (Phi) is 10.8. The fraction of sp³-hybridized carbons (Fsp3) is 0.447. The Labute approximate surface area is 352 Å². The Hall–Kier alpha value is -4.63. The molecule has 0 amide bonds. The molecule has 3 saturated heterocycles. The van der Waals surface area contributed by atoms with E-state index in [1.54, 1.807) is 18.3 Å². The molecule has 60 heavy (non-hydrogen) atoms. The van der Waals surface area contributed by atoms with Crippen LogP contribution in [0.3, 0.4) is 0 Å². The molecule has 2 aromatic heterocycles. The monoisotopic (exact) mass is 830 g/mol. The zero-order valence-electron chi connectivity index (χ0n) is 34.5. The zero-order chi connectivity index (χ0) is 40.8. The van der Waals surface area contributed by atoms with Gasteiger partial charge in [0.2, 0.25) is 5.95 Å². The van der Waals surface area contributed by atoms with Crippen LogP contribution in [0.5, 0.6) is 0 Å². The number of aryl methyl sites for hydroxylation is 1. The first kappa shape index (κ1) is 39.5. The van der Waals surface area contributed by atoms with Crippen molar-refractivity contribution in [3.05, 3.63) is 125 Å². The van der Waals surface area contributed by atoms with Crippen LogP contribution in [-0.4, -0.2) is 98.3 Å². The number of ether oxygens (including phenoxy) is 4. The summed E-state index contributed by atoms with van der Waals surface area (Å²) in [7, 11) is -1.86. The van der Waals surface area contributed by atoms with Gasteiger partial charge in [-0.25, -0.2) is 22.4 Å². The Morgan fingerprint density at radius 3 is 2.43 bits per heavy atom. The molecule has 0 radical (unpaired) electrons. The summed E-state index contributed by atoms with van der Waals surface area (Å²) in [5.74, 6) is 0.640. The van der Waals surface area contributed by atoms with Crippen LogP contribution in [0, 0.1) is 6.92 Å². The average molecular weight is 831 g/mol. The van der Waals surface area contributed by atoms with Crippen molar-refractivity contribution in [1.29, 1.82) is 0 Å². The van der Waals surface area contributed by atoms with E-state index >= 15 is 0 Å². The van der Waals surface area contributed by atoms with Crippen LogP contribution in [0.4, 0.5) is 5.95 Å². The molecule has 4 fully saturated rings.